The van der Waals surface area contributed by atoms with Crippen LogP contribution >= 0.6 is 23.2 Å². The van der Waals surface area contributed by atoms with Gasteiger partial charge in [0.2, 0.25) is 5.95 Å². The second kappa shape index (κ2) is 8.89. The molecular weight excluding hydrogens is 457 g/mol. The van der Waals surface area contributed by atoms with Crippen molar-refractivity contribution < 1.29 is 0 Å². The minimum absolute atomic E-state index is 0.0314. The molecule has 166 valence electrons. The highest BCUT2D eigenvalue weighted by atomic mass is 35.5. The van der Waals surface area contributed by atoms with E-state index >= 15 is 0 Å². The topological polar surface area (TPSA) is 55.4 Å². The van der Waals surface area contributed by atoms with Gasteiger partial charge in [-0.15, -0.1) is 5.10 Å². The highest BCUT2D eigenvalue weighted by Gasteiger charge is 2.32. The van der Waals surface area contributed by atoms with E-state index in [4.69, 9.17) is 28.3 Å². The molecule has 3 aromatic carbocycles. The van der Waals surface area contributed by atoms with Crippen molar-refractivity contribution in [3.05, 3.63) is 116 Å². The number of aromatic nitrogens is 3. The number of rotatable bonds is 5. The molecule has 1 aliphatic heterocycles. The highest BCUT2D eigenvalue weighted by molar-refractivity contribution is 6.31. The molecular formula is C25H21Cl2N5O. The van der Waals surface area contributed by atoms with Crippen molar-refractivity contribution in [3.63, 3.8) is 0 Å². The molecule has 0 bridgehead atoms. The number of hydrazone groups is 1. The summed E-state index contributed by atoms with van der Waals surface area (Å²) in [5.74, 6) is 0.530. The van der Waals surface area contributed by atoms with Crippen LogP contribution in [0, 0.1) is 0 Å². The van der Waals surface area contributed by atoms with E-state index in [0.29, 0.717) is 29.1 Å². The van der Waals surface area contributed by atoms with E-state index in [2.05, 4.69) is 17.2 Å². The summed E-state index contributed by atoms with van der Waals surface area (Å²) < 4.78 is 2.98. The molecule has 5 rings (SSSR count). The average molecular weight is 478 g/mol. The smallest absolute Gasteiger partial charge is 0.263 e. The molecule has 0 saturated heterocycles. The second-order valence-electron chi connectivity index (χ2n) is 7.96. The molecule has 1 aromatic heterocycles. The van der Waals surface area contributed by atoms with Gasteiger partial charge in [0.25, 0.3) is 0 Å². The van der Waals surface area contributed by atoms with Gasteiger partial charge in [-0.2, -0.15) is 5.10 Å². The molecule has 6 nitrogen and oxygen atoms in total. The minimum atomic E-state index is -0.202. The van der Waals surface area contributed by atoms with Crippen molar-refractivity contribution >= 4 is 34.9 Å². The lowest BCUT2D eigenvalue weighted by atomic mass is 9.91. The average Bonchev–Trinajstić information content (AvgIpc) is 3.39. The first-order chi connectivity index (χ1) is 16.0. The zero-order chi connectivity index (χ0) is 22.9. The van der Waals surface area contributed by atoms with Gasteiger partial charge in [0.15, 0.2) is 0 Å². The van der Waals surface area contributed by atoms with E-state index in [1.165, 1.54) is 9.25 Å². The Bertz CT molecular complexity index is 1360. The lowest BCUT2D eigenvalue weighted by Crippen LogP contribution is -2.25. The third-order valence-corrected chi connectivity index (χ3v) is 6.25. The Labute approximate surface area is 201 Å². The summed E-state index contributed by atoms with van der Waals surface area (Å²) in [6.45, 7) is 0.931. The van der Waals surface area contributed by atoms with Crippen LogP contribution in [0.2, 0.25) is 10.0 Å². The van der Waals surface area contributed by atoms with E-state index < -0.39 is 0 Å². The van der Waals surface area contributed by atoms with Crippen LogP contribution < -0.4 is 10.7 Å². The van der Waals surface area contributed by atoms with Crippen LogP contribution in [0.1, 0.15) is 22.6 Å². The van der Waals surface area contributed by atoms with Gasteiger partial charge in [-0.05, 0) is 41.0 Å². The molecule has 0 fully saturated rings. The SMILES string of the molecule is Cn1c(N2C[C@H](c3ccccc3)C(c3ccc(Cl)cc3)=N2)nn(Cc2ccc(Cl)cc2)c1=O. The lowest BCUT2D eigenvalue weighted by molar-refractivity contribution is 0.646. The molecule has 1 atom stereocenters. The first kappa shape index (κ1) is 21.5. The summed E-state index contributed by atoms with van der Waals surface area (Å²) in [7, 11) is 1.72. The zero-order valence-corrected chi connectivity index (χ0v) is 19.4. The molecule has 33 heavy (non-hydrogen) atoms. The molecule has 0 saturated carbocycles. The fraction of sp³-hybridized carbons (Fsp3) is 0.160. The summed E-state index contributed by atoms with van der Waals surface area (Å²) >= 11 is 12.1. The molecule has 0 amide bonds. The van der Waals surface area contributed by atoms with Crippen molar-refractivity contribution in [2.75, 3.05) is 11.6 Å². The predicted octanol–water partition coefficient (Wildman–Crippen LogP) is 4.95. The van der Waals surface area contributed by atoms with Gasteiger partial charge in [-0.3, -0.25) is 4.57 Å². The Morgan fingerprint density at radius 2 is 1.55 bits per heavy atom. The number of nitrogens with zero attached hydrogens (tertiary/aromatic N) is 5. The second-order valence-corrected chi connectivity index (χ2v) is 8.84. The summed E-state index contributed by atoms with van der Waals surface area (Å²) in [4.78, 5) is 12.9. The van der Waals surface area contributed by atoms with E-state index in [0.717, 1.165) is 22.4 Å². The monoisotopic (exact) mass is 477 g/mol. The van der Waals surface area contributed by atoms with Crippen LogP contribution in [0.15, 0.2) is 88.8 Å². The van der Waals surface area contributed by atoms with Gasteiger partial charge in [0, 0.05) is 23.0 Å². The normalized spacial score (nSPS) is 15.7. The summed E-state index contributed by atoms with van der Waals surface area (Å²) in [5, 5.41) is 12.7. The van der Waals surface area contributed by atoms with Crippen LogP contribution in [-0.4, -0.2) is 26.6 Å². The van der Waals surface area contributed by atoms with E-state index in [1.54, 1.807) is 24.2 Å². The first-order valence-corrected chi connectivity index (χ1v) is 11.3. The van der Waals surface area contributed by atoms with E-state index in [9.17, 15) is 4.79 Å². The molecule has 2 heterocycles. The van der Waals surface area contributed by atoms with Gasteiger partial charge >= 0.3 is 5.69 Å². The Morgan fingerprint density at radius 3 is 2.21 bits per heavy atom. The molecule has 4 aromatic rings. The summed E-state index contributed by atoms with van der Waals surface area (Å²) in [5.41, 5.74) is 3.80. The van der Waals surface area contributed by atoms with Crippen LogP contribution in [0.3, 0.4) is 0 Å². The third-order valence-electron chi connectivity index (χ3n) is 5.75. The molecule has 0 radical (unpaired) electrons. The Kier molecular flexibility index (Phi) is 5.79. The van der Waals surface area contributed by atoms with Gasteiger partial charge in [0.1, 0.15) is 0 Å². The van der Waals surface area contributed by atoms with Gasteiger partial charge in [-0.25, -0.2) is 14.5 Å². The predicted molar refractivity (Wildman–Crippen MR) is 133 cm³/mol. The maximum absolute atomic E-state index is 12.9. The van der Waals surface area contributed by atoms with Gasteiger partial charge < -0.3 is 0 Å². The van der Waals surface area contributed by atoms with Crippen molar-refractivity contribution in [1.29, 1.82) is 0 Å². The van der Waals surface area contributed by atoms with Crippen molar-refractivity contribution in [2.45, 2.75) is 12.5 Å². The Hall–Kier alpha value is -3.35. The third kappa shape index (κ3) is 4.32. The first-order valence-electron chi connectivity index (χ1n) is 10.5. The van der Waals surface area contributed by atoms with Crippen molar-refractivity contribution in [1.82, 2.24) is 14.3 Å². The van der Waals surface area contributed by atoms with Crippen molar-refractivity contribution in [2.24, 2.45) is 12.1 Å². The quantitative estimate of drug-likeness (QED) is 0.408. The van der Waals surface area contributed by atoms with Crippen molar-refractivity contribution in [3.8, 4) is 0 Å². The van der Waals surface area contributed by atoms with E-state index in [-0.39, 0.29) is 11.6 Å². The maximum Gasteiger partial charge on any atom is 0.347 e. The van der Waals surface area contributed by atoms with Gasteiger partial charge in [-0.1, -0.05) is 77.8 Å². The number of hydrogen-bond donors (Lipinski definition) is 0. The fourth-order valence-corrected chi connectivity index (χ4v) is 4.27. The zero-order valence-electron chi connectivity index (χ0n) is 17.9. The Balaban J connectivity index is 1.51. The standard InChI is InChI=1S/C25H21Cl2N5O/c1-30-24(29-32(25(30)33)15-17-7-11-20(26)12-8-17)31-16-22(18-5-3-2-4-6-18)23(28-31)19-9-13-21(27)14-10-19/h2-14,22H,15-16H2,1H3/t22-/m1/s1. The lowest BCUT2D eigenvalue weighted by Gasteiger charge is -2.15. The number of benzene rings is 3. The van der Waals surface area contributed by atoms with Crippen LogP contribution in [0.25, 0.3) is 0 Å². The molecule has 0 N–H and O–H groups in total. The number of anilines is 1. The molecule has 0 spiro atoms. The van der Waals surface area contributed by atoms with Crippen LogP contribution in [0.5, 0.6) is 0 Å². The highest BCUT2D eigenvalue weighted by Crippen LogP contribution is 2.31. The molecule has 8 heteroatoms. The summed E-state index contributed by atoms with van der Waals surface area (Å²) in [6, 6.07) is 25.3. The largest absolute Gasteiger partial charge is 0.347 e. The maximum atomic E-state index is 12.9. The molecule has 1 aliphatic rings. The van der Waals surface area contributed by atoms with E-state index in [1.807, 2.05) is 54.6 Å². The Morgan fingerprint density at radius 1 is 0.909 bits per heavy atom. The van der Waals surface area contributed by atoms with Gasteiger partial charge in [0.05, 0.1) is 18.8 Å². The van der Waals surface area contributed by atoms with Crippen LogP contribution in [0.4, 0.5) is 5.95 Å². The fourth-order valence-electron chi connectivity index (χ4n) is 4.02. The molecule has 0 aliphatic carbocycles. The molecule has 0 unspecified atom stereocenters. The number of hydrogen-bond acceptors (Lipinski definition) is 4. The summed E-state index contributed by atoms with van der Waals surface area (Å²) in [6.07, 6.45) is 0. The number of halogens is 2. The minimum Gasteiger partial charge on any atom is -0.263 e. The van der Waals surface area contributed by atoms with Crippen LogP contribution in [-0.2, 0) is 13.6 Å².